The number of nitro groups is 1. The zero-order valence-electron chi connectivity index (χ0n) is 13.2. The van der Waals surface area contributed by atoms with E-state index in [1.165, 1.54) is 25.3 Å². The summed E-state index contributed by atoms with van der Waals surface area (Å²) in [7, 11) is 3.01. The molecule has 7 nitrogen and oxygen atoms in total. The maximum Gasteiger partial charge on any atom is 0.310 e. The van der Waals surface area contributed by atoms with Gasteiger partial charge in [0.2, 0.25) is 0 Å². The largest absolute Gasteiger partial charge is 0.490 e. The summed E-state index contributed by atoms with van der Waals surface area (Å²) in [5, 5.41) is 10.8. The number of hydrogen-bond donors (Lipinski definition) is 1. The van der Waals surface area contributed by atoms with Crippen LogP contribution in [0.15, 0.2) is 18.2 Å². The number of benzene rings is 1. The lowest BCUT2D eigenvalue weighted by Gasteiger charge is -2.29. The lowest BCUT2D eigenvalue weighted by atomic mass is 9.93. The topological polar surface area (TPSA) is 98.7 Å². The van der Waals surface area contributed by atoms with Crippen LogP contribution in [0.1, 0.15) is 24.2 Å². The molecule has 1 rings (SSSR count). The highest BCUT2D eigenvalue weighted by atomic mass is 35.5. The van der Waals surface area contributed by atoms with Crippen LogP contribution >= 0.6 is 12.4 Å². The minimum absolute atomic E-state index is 0. The van der Waals surface area contributed by atoms with Gasteiger partial charge in [0.15, 0.2) is 5.75 Å². The second-order valence-corrected chi connectivity index (χ2v) is 5.67. The van der Waals surface area contributed by atoms with Crippen LogP contribution in [0.5, 0.6) is 5.75 Å². The number of rotatable bonds is 6. The molecule has 2 N–H and O–H groups in total. The number of amides is 1. The predicted octanol–water partition coefficient (Wildman–Crippen LogP) is 2.08. The highest BCUT2D eigenvalue weighted by Crippen LogP contribution is 2.28. The number of carbonyl (C=O) groups excluding carboxylic acids is 1. The molecular formula is C14H22ClN3O4. The van der Waals surface area contributed by atoms with Crippen molar-refractivity contribution < 1.29 is 14.5 Å². The molecule has 0 aliphatic rings. The molecule has 124 valence electrons. The first kappa shape index (κ1) is 20.1. The van der Waals surface area contributed by atoms with Gasteiger partial charge in [0.25, 0.3) is 5.91 Å². The minimum atomic E-state index is -0.547. The number of ether oxygens (including phenoxy) is 1. The fraction of sp³-hybridized carbons (Fsp3) is 0.500. The maximum atomic E-state index is 12.3. The molecule has 8 heteroatoms. The molecule has 0 aliphatic carbocycles. The molecule has 0 spiro atoms. The van der Waals surface area contributed by atoms with Gasteiger partial charge in [-0.1, -0.05) is 13.8 Å². The summed E-state index contributed by atoms with van der Waals surface area (Å²) in [5.41, 5.74) is 5.63. The zero-order chi connectivity index (χ0) is 16.2. The number of methoxy groups -OCH3 is 1. The van der Waals surface area contributed by atoms with Gasteiger partial charge in [0.1, 0.15) is 0 Å². The lowest BCUT2D eigenvalue weighted by molar-refractivity contribution is -0.385. The van der Waals surface area contributed by atoms with Crippen molar-refractivity contribution in [2.75, 3.05) is 27.2 Å². The van der Waals surface area contributed by atoms with Crippen molar-refractivity contribution in [2.24, 2.45) is 11.1 Å². The quantitative estimate of drug-likeness (QED) is 0.635. The SMILES string of the molecule is COc1cc(C(=O)N(C)CC(C)(C)CN)ccc1[N+](=O)[O-].Cl. The summed E-state index contributed by atoms with van der Waals surface area (Å²) in [6.45, 7) is 4.87. The first-order valence-electron chi connectivity index (χ1n) is 6.50. The fourth-order valence-corrected chi connectivity index (χ4v) is 1.96. The fourth-order valence-electron chi connectivity index (χ4n) is 1.96. The Balaban J connectivity index is 0.00000441. The third-order valence-corrected chi connectivity index (χ3v) is 3.19. The van der Waals surface area contributed by atoms with Crippen LogP contribution in [0, 0.1) is 15.5 Å². The third kappa shape index (κ3) is 4.85. The van der Waals surface area contributed by atoms with Gasteiger partial charge in [-0.15, -0.1) is 12.4 Å². The predicted molar refractivity (Wildman–Crippen MR) is 86.7 cm³/mol. The van der Waals surface area contributed by atoms with Crippen molar-refractivity contribution in [3.05, 3.63) is 33.9 Å². The van der Waals surface area contributed by atoms with Crippen molar-refractivity contribution in [1.29, 1.82) is 0 Å². The second-order valence-electron chi connectivity index (χ2n) is 5.67. The first-order chi connectivity index (χ1) is 9.71. The molecular weight excluding hydrogens is 310 g/mol. The number of nitro benzene ring substituents is 1. The molecule has 0 saturated heterocycles. The summed E-state index contributed by atoms with van der Waals surface area (Å²) >= 11 is 0. The Bertz CT molecular complexity index is 549. The van der Waals surface area contributed by atoms with Crippen molar-refractivity contribution in [1.82, 2.24) is 4.90 Å². The van der Waals surface area contributed by atoms with Gasteiger partial charge in [0, 0.05) is 31.3 Å². The van der Waals surface area contributed by atoms with Crippen LogP contribution < -0.4 is 10.5 Å². The minimum Gasteiger partial charge on any atom is -0.490 e. The number of halogens is 1. The molecule has 0 atom stereocenters. The Hall–Kier alpha value is -1.86. The van der Waals surface area contributed by atoms with Crippen LogP contribution in [0.2, 0.25) is 0 Å². The Morgan fingerprint density at radius 3 is 2.50 bits per heavy atom. The normalized spacial score (nSPS) is 10.6. The molecule has 0 aromatic heterocycles. The molecule has 1 aromatic rings. The molecule has 1 amide bonds. The van der Waals surface area contributed by atoms with Crippen LogP contribution in [0.4, 0.5) is 5.69 Å². The van der Waals surface area contributed by atoms with E-state index in [4.69, 9.17) is 10.5 Å². The maximum absolute atomic E-state index is 12.3. The summed E-state index contributed by atoms with van der Waals surface area (Å²) in [6.07, 6.45) is 0. The summed E-state index contributed by atoms with van der Waals surface area (Å²) in [4.78, 5) is 24.2. The van der Waals surface area contributed by atoms with Gasteiger partial charge in [-0.05, 0) is 18.0 Å². The number of nitrogens with two attached hydrogens (primary N) is 1. The van der Waals surface area contributed by atoms with Crippen molar-refractivity contribution >= 4 is 24.0 Å². The van der Waals surface area contributed by atoms with Crippen LogP contribution in [-0.4, -0.2) is 43.0 Å². The highest BCUT2D eigenvalue weighted by molar-refractivity contribution is 5.95. The number of nitrogens with zero attached hydrogens (tertiary/aromatic N) is 2. The van der Waals surface area contributed by atoms with E-state index in [-0.39, 0.29) is 35.2 Å². The third-order valence-electron chi connectivity index (χ3n) is 3.19. The van der Waals surface area contributed by atoms with E-state index < -0.39 is 4.92 Å². The molecule has 0 fully saturated rings. The monoisotopic (exact) mass is 331 g/mol. The molecule has 0 unspecified atom stereocenters. The van der Waals surface area contributed by atoms with E-state index in [1.807, 2.05) is 13.8 Å². The van der Waals surface area contributed by atoms with Crippen LogP contribution in [0.25, 0.3) is 0 Å². The van der Waals surface area contributed by atoms with Gasteiger partial charge < -0.3 is 15.4 Å². The van der Waals surface area contributed by atoms with E-state index in [0.717, 1.165) is 0 Å². The summed E-state index contributed by atoms with van der Waals surface area (Å²) in [6, 6.07) is 4.08. The average Bonchev–Trinajstić information content (AvgIpc) is 2.45. The Labute approximate surface area is 136 Å². The van der Waals surface area contributed by atoms with E-state index in [1.54, 1.807) is 11.9 Å². The standard InChI is InChI=1S/C14H21N3O4.ClH/c1-14(2,8-15)9-16(3)13(18)10-5-6-11(17(19)20)12(7-10)21-4;/h5-7H,8-9,15H2,1-4H3;1H. The summed E-state index contributed by atoms with van der Waals surface area (Å²) < 4.78 is 4.97. The van der Waals surface area contributed by atoms with Gasteiger partial charge in [-0.3, -0.25) is 14.9 Å². The second kappa shape index (κ2) is 7.95. The van der Waals surface area contributed by atoms with E-state index in [2.05, 4.69) is 0 Å². The van der Waals surface area contributed by atoms with Crippen molar-refractivity contribution in [3.8, 4) is 5.75 Å². The first-order valence-corrected chi connectivity index (χ1v) is 6.50. The molecule has 0 saturated carbocycles. The van der Waals surface area contributed by atoms with Gasteiger partial charge in [-0.25, -0.2) is 0 Å². The van der Waals surface area contributed by atoms with Crippen molar-refractivity contribution in [3.63, 3.8) is 0 Å². The van der Waals surface area contributed by atoms with Gasteiger partial charge in [-0.2, -0.15) is 0 Å². The van der Waals surface area contributed by atoms with Gasteiger partial charge >= 0.3 is 5.69 Å². The molecule has 0 radical (unpaired) electrons. The molecule has 0 heterocycles. The Morgan fingerprint density at radius 1 is 1.45 bits per heavy atom. The number of hydrogen-bond acceptors (Lipinski definition) is 5. The van der Waals surface area contributed by atoms with E-state index in [9.17, 15) is 14.9 Å². The Morgan fingerprint density at radius 2 is 2.05 bits per heavy atom. The Kier molecular flexibility index (Phi) is 7.28. The molecule has 0 aliphatic heterocycles. The summed E-state index contributed by atoms with van der Waals surface area (Å²) in [5.74, 6) is -0.165. The lowest BCUT2D eigenvalue weighted by Crippen LogP contribution is -2.39. The van der Waals surface area contributed by atoms with Crippen molar-refractivity contribution in [2.45, 2.75) is 13.8 Å². The van der Waals surface area contributed by atoms with Gasteiger partial charge in [0.05, 0.1) is 12.0 Å². The molecule has 1 aromatic carbocycles. The zero-order valence-corrected chi connectivity index (χ0v) is 14.0. The van der Waals surface area contributed by atoms with Crippen LogP contribution in [-0.2, 0) is 0 Å². The average molecular weight is 332 g/mol. The molecule has 0 bridgehead atoms. The van der Waals surface area contributed by atoms with Crippen LogP contribution in [0.3, 0.4) is 0 Å². The van der Waals surface area contributed by atoms with E-state index in [0.29, 0.717) is 18.7 Å². The van der Waals surface area contributed by atoms with E-state index >= 15 is 0 Å². The number of carbonyl (C=O) groups is 1. The highest BCUT2D eigenvalue weighted by Gasteiger charge is 2.23. The molecule has 22 heavy (non-hydrogen) atoms. The smallest absolute Gasteiger partial charge is 0.310 e.